The number of carboxylic acid groups (broad SMARTS) is 1. The molecule has 100 valence electrons. The predicted octanol–water partition coefficient (Wildman–Crippen LogP) is 2.22. The summed E-state index contributed by atoms with van der Waals surface area (Å²) in [4.78, 5) is 10.9. The van der Waals surface area contributed by atoms with Crippen LogP contribution >= 0.6 is 0 Å². The van der Waals surface area contributed by atoms with Crippen molar-refractivity contribution in [2.24, 2.45) is 0 Å². The first-order valence-corrected chi connectivity index (χ1v) is 6.29. The van der Waals surface area contributed by atoms with E-state index in [4.69, 9.17) is 9.84 Å². The summed E-state index contributed by atoms with van der Waals surface area (Å²) in [5.41, 5.74) is 1.15. The highest BCUT2D eigenvalue weighted by Gasteiger charge is 2.14. The van der Waals surface area contributed by atoms with Crippen LogP contribution in [0.4, 0.5) is 0 Å². The first-order chi connectivity index (χ1) is 8.63. The number of nitrogens with one attached hydrogen (secondary N) is 1. The van der Waals surface area contributed by atoms with Gasteiger partial charge in [0.05, 0.1) is 0 Å². The van der Waals surface area contributed by atoms with Crippen molar-refractivity contribution in [1.82, 2.24) is 5.32 Å². The molecule has 1 aromatic carbocycles. The number of aryl methyl sites for hydroxylation is 1. The molecule has 1 atom stereocenters. The van der Waals surface area contributed by atoms with Gasteiger partial charge in [-0.15, -0.1) is 0 Å². The zero-order chi connectivity index (χ0) is 13.4. The van der Waals surface area contributed by atoms with Crippen LogP contribution in [0.25, 0.3) is 0 Å². The number of hydrogen-bond donors (Lipinski definition) is 2. The molecule has 0 saturated carbocycles. The van der Waals surface area contributed by atoms with Crippen molar-refractivity contribution in [1.29, 1.82) is 0 Å². The fourth-order valence-electron chi connectivity index (χ4n) is 1.71. The first kappa shape index (κ1) is 14.5. The van der Waals surface area contributed by atoms with E-state index in [0.717, 1.165) is 17.7 Å². The van der Waals surface area contributed by atoms with Crippen LogP contribution in [0.15, 0.2) is 24.3 Å². The van der Waals surface area contributed by atoms with E-state index in [1.165, 1.54) is 0 Å². The molecule has 0 spiro atoms. The molecule has 0 radical (unpaired) electrons. The van der Waals surface area contributed by atoms with Crippen LogP contribution in [0.5, 0.6) is 5.75 Å². The number of aliphatic carboxylic acids is 1. The van der Waals surface area contributed by atoms with E-state index in [2.05, 4.69) is 5.32 Å². The van der Waals surface area contributed by atoms with Gasteiger partial charge in [0, 0.05) is 6.54 Å². The van der Waals surface area contributed by atoms with Crippen molar-refractivity contribution in [3.8, 4) is 5.75 Å². The number of hydrogen-bond acceptors (Lipinski definition) is 3. The minimum atomic E-state index is -0.799. The largest absolute Gasteiger partial charge is 0.492 e. The van der Waals surface area contributed by atoms with Gasteiger partial charge in [-0.1, -0.05) is 25.5 Å². The van der Waals surface area contributed by atoms with Gasteiger partial charge in [-0.25, -0.2) is 0 Å². The topological polar surface area (TPSA) is 58.6 Å². The van der Waals surface area contributed by atoms with Crippen molar-refractivity contribution in [2.75, 3.05) is 13.2 Å². The van der Waals surface area contributed by atoms with Crippen LogP contribution in [0.3, 0.4) is 0 Å². The third-order valence-electron chi connectivity index (χ3n) is 2.63. The Hall–Kier alpha value is -1.55. The standard InChI is InChI=1S/C14H21NO3/c1-3-5-13(14(16)17)15-8-9-18-12-7-4-6-11(2)10-12/h4,6-7,10,13,15H,3,5,8-9H2,1-2H3,(H,16,17). The maximum Gasteiger partial charge on any atom is 0.320 e. The normalized spacial score (nSPS) is 12.1. The van der Waals surface area contributed by atoms with Gasteiger partial charge in [0.1, 0.15) is 18.4 Å². The Morgan fingerprint density at radius 1 is 1.50 bits per heavy atom. The maximum atomic E-state index is 10.9. The molecule has 1 aromatic rings. The monoisotopic (exact) mass is 251 g/mol. The molecule has 0 aliphatic rings. The molecule has 0 aliphatic carbocycles. The highest BCUT2D eigenvalue weighted by atomic mass is 16.5. The van der Waals surface area contributed by atoms with Crippen LogP contribution in [-0.2, 0) is 4.79 Å². The molecule has 0 amide bonds. The van der Waals surface area contributed by atoms with E-state index in [9.17, 15) is 4.79 Å². The van der Waals surface area contributed by atoms with Crippen LogP contribution in [0.2, 0.25) is 0 Å². The van der Waals surface area contributed by atoms with E-state index in [-0.39, 0.29) is 0 Å². The Morgan fingerprint density at radius 2 is 2.28 bits per heavy atom. The van der Waals surface area contributed by atoms with Crippen molar-refractivity contribution in [3.63, 3.8) is 0 Å². The minimum Gasteiger partial charge on any atom is -0.492 e. The Morgan fingerprint density at radius 3 is 2.89 bits per heavy atom. The predicted molar refractivity (Wildman–Crippen MR) is 71.0 cm³/mol. The Kier molecular flexibility index (Phi) is 6.22. The molecule has 2 N–H and O–H groups in total. The summed E-state index contributed by atoms with van der Waals surface area (Å²) in [6.07, 6.45) is 1.49. The summed E-state index contributed by atoms with van der Waals surface area (Å²) in [5.74, 6) is 0.0200. The number of benzene rings is 1. The van der Waals surface area contributed by atoms with E-state index >= 15 is 0 Å². The molecule has 1 unspecified atom stereocenters. The molecule has 4 heteroatoms. The van der Waals surface area contributed by atoms with Crippen LogP contribution in [0, 0.1) is 6.92 Å². The highest BCUT2D eigenvalue weighted by molar-refractivity contribution is 5.73. The molecular weight excluding hydrogens is 230 g/mol. The van der Waals surface area contributed by atoms with E-state index in [0.29, 0.717) is 19.6 Å². The molecule has 0 saturated heterocycles. The fourth-order valence-corrected chi connectivity index (χ4v) is 1.71. The summed E-state index contributed by atoms with van der Waals surface area (Å²) in [6, 6.07) is 7.33. The number of ether oxygens (including phenoxy) is 1. The molecule has 0 heterocycles. The van der Waals surface area contributed by atoms with Crippen molar-refractivity contribution >= 4 is 5.97 Å². The van der Waals surface area contributed by atoms with Gasteiger partial charge in [0.2, 0.25) is 0 Å². The van der Waals surface area contributed by atoms with Gasteiger partial charge in [-0.3, -0.25) is 4.79 Å². The SMILES string of the molecule is CCCC(NCCOc1cccc(C)c1)C(=O)O. The van der Waals surface area contributed by atoms with Crippen molar-refractivity contribution < 1.29 is 14.6 Å². The van der Waals surface area contributed by atoms with Gasteiger partial charge < -0.3 is 15.2 Å². The fraction of sp³-hybridized carbons (Fsp3) is 0.500. The van der Waals surface area contributed by atoms with Crippen molar-refractivity contribution in [2.45, 2.75) is 32.7 Å². The molecule has 18 heavy (non-hydrogen) atoms. The maximum absolute atomic E-state index is 10.9. The highest BCUT2D eigenvalue weighted by Crippen LogP contribution is 2.11. The van der Waals surface area contributed by atoms with Crippen molar-refractivity contribution in [3.05, 3.63) is 29.8 Å². The summed E-state index contributed by atoms with van der Waals surface area (Å²) in [6.45, 7) is 4.98. The van der Waals surface area contributed by atoms with E-state index in [1.54, 1.807) is 0 Å². The van der Waals surface area contributed by atoms with Gasteiger partial charge >= 0.3 is 5.97 Å². The zero-order valence-electron chi connectivity index (χ0n) is 11.0. The third kappa shape index (κ3) is 5.19. The first-order valence-electron chi connectivity index (χ1n) is 6.29. The average Bonchev–Trinajstić information content (AvgIpc) is 2.33. The summed E-state index contributed by atoms with van der Waals surface area (Å²) >= 11 is 0. The van der Waals surface area contributed by atoms with E-state index < -0.39 is 12.0 Å². The van der Waals surface area contributed by atoms with E-state index in [1.807, 2.05) is 38.1 Å². The summed E-state index contributed by atoms with van der Waals surface area (Å²) < 4.78 is 5.54. The zero-order valence-corrected chi connectivity index (χ0v) is 11.0. The van der Waals surface area contributed by atoms with Crippen LogP contribution in [0.1, 0.15) is 25.3 Å². The number of rotatable bonds is 8. The Bertz CT molecular complexity index is 379. The summed E-state index contributed by atoms with van der Waals surface area (Å²) in [7, 11) is 0. The molecule has 0 bridgehead atoms. The van der Waals surface area contributed by atoms with Crippen LogP contribution in [-0.4, -0.2) is 30.3 Å². The minimum absolute atomic E-state index is 0.469. The molecule has 0 aliphatic heterocycles. The second kappa shape index (κ2) is 7.71. The molecule has 4 nitrogen and oxygen atoms in total. The number of carbonyl (C=O) groups is 1. The number of carboxylic acids is 1. The molecule has 0 fully saturated rings. The molecule has 0 aromatic heterocycles. The lowest BCUT2D eigenvalue weighted by atomic mass is 10.2. The lowest BCUT2D eigenvalue weighted by Gasteiger charge is -2.13. The molecule has 1 rings (SSSR count). The second-order valence-electron chi connectivity index (χ2n) is 4.30. The van der Waals surface area contributed by atoms with Gasteiger partial charge in [-0.2, -0.15) is 0 Å². The van der Waals surface area contributed by atoms with Gasteiger partial charge in [0.15, 0.2) is 0 Å². The lowest BCUT2D eigenvalue weighted by Crippen LogP contribution is -2.38. The Labute approximate surface area is 108 Å². The quantitative estimate of drug-likeness (QED) is 0.695. The van der Waals surface area contributed by atoms with Gasteiger partial charge in [-0.05, 0) is 31.0 Å². The molecular formula is C14H21NO3. The van der Waals surface area contributed by atoms with Gasteiger partial charge in [0.25, 0.3) is 0 Å². The smallest absolute Gasteiger partial charge is 0.320 e. The average molecular weight is 251 g/mol. The van der Waals surface area contributed by atoms with Crippen LogP contribution < -0.4 is 10.1 Å². The summed E-state index contributed by atoms with van der Waals surface area (Å²) in [5, 5.41) is 11.9. The third-order valence-corrected chi connectivity index (χ3v) is 2.63. The Balaban J connectivity index is 2.27. The lowest BCUT2D eigenvalue weighted by molar-refractivity contribution is -0.139. The second-order valence-corrected chi connectivity index (χ2v) is 4.30.